The minimum absolute atomic E-state index is 0.215. The first-order valence-corrected chi connectivity index (χ1v) is 5.46. The molecule has 0 aliphatic rings. The van der Waals surface area contributed by atoms with Gasteiger partial charge in [0.2, 0.25) is 5.82 Å². The van der Waals surface area contributed by atoms with E-state index in [-0.39, 0.29) is 5.56 Å². The van der Waals surface area contributed by atoms with Gasteiger partial charge in [0, 0.05) is 18.0 Å². The zero-order valence-electron chi connectivity index (χ0n) is 9.89. The third-order valence-electron chi connectivity index (χ3n) is 2.59. The van der Waals surface area contributed by atoms with Gasteiger partial charge < -0.3 is 0 Å². The summed E-state index contributed by atoms with van der Waals surface area (Å²) in [6.07, 6.45) is -2.73. The van der Waals surface area contributed by atoms with Crippen molar-refractivity contribution in [2.24, 2.45) is 0 Å². The van der Waals surface area contributed by atoms with Crippen molar-refractivity contribution in [1.82, 2.24) is 9.97 Å². The van der Waals surface area contributed by atoms with Gasteiger partial charge in [-0.05, 0) is 17.7 Å². The van der Waals surface area contributed by atoms with Crippen molar-refractivity contribution in [1.29, 1.82) is 5.26 Å². The van der Waals surface area contributed by atoms with Gasteiger partial charge in [-0.25, -0.2) is 14.4 Å². The zero-order valence-corrected chi connectivity index (χ0v) is 9.89. The van der Waals surface area contributed by atoms with Crippen LogP contribution in [-0.2, 0) is 6.18 Å². The van der Waals surface area contributed by atoms with Gasteiger partial charge in [-0.2, -0.15) is 18.4 Å². The Labute approximate surface area is 111 Å². The molecule has 0 unspecified atom stereocenters. The van der Waals surface area contributed by atoms with Gasteiger partial charge in [0.1, 0.15) is 5.82 Å². The Balaban J connectivity index is 2.34. The molecule has 0 saturated carbocycles. The van der Waals surface area contributed by atoms with Gasteiger partial charge in [0.25, 0.3) is 0 Å². The van der Waals surface area contributed by atoms with Crippen molar-refractivity contribution in [2.75, 3.05) is 0 Å². The van der Waals surface area contributed by atoms with Crippen LogP contribution in [0.1, 0.15) is 22.9 Å². The topological polar surface area (TPSA) is 49.6 Å². The molecule has 0 radical (unpaired) electrons. The summed E-state index contributed by atoms with van der Waals surface area (Å²) in [7, 11) is 0. The van der Waals surface area contributed by atoms with Crippen LogP contribution in [0.5, 0.6) is 0 Å². The highest BCUT2D eigenvalue weighted by molar-refractivity contribution is 5.35. The number of benzene rings is 1. The number of nitrogens with zero attached hydrogens (tertiary/aromatic N) is 3. The Morgan fingerprint density at radius 3 is 2.00 bits per heavy atom. The maximum atomic E-state index is 12.8. The molecule has 7 heteroatoms. The van der Waals surface area contributed by atoms with E-state index < -0.39 is 23.7 Å². The molecule has 0 amide bonds. The molecular formula is C13H7F4N3. The average molecular weight is 281 g/mol. The summed E-state index contributed by atoms with van der Waals surface area (Å²) in [4.78, 5) is 6.40. The maximum absolute atomic E-state index is 12.8. The molecule has 1 heterocycles. The van der Waals surface area contributed by atoms with Crippen LogP contribution >= 0.6 is 0 Å². The Morgan fingerprint density at radius 1 is 1.00 bits per heavy atom. The summed E-state index contributed by atoms with van der Waals surface area (Å²) >= 11 is 0. The van der Waals surface area contributed by atoms with E-state index >= 15 is 0 Å². The summed E-state index contributed by atoms with van der Waals surface area (Å²) in [6.45, 7) is 0. The van der Waals surface area contributed by atoms with E-state index in [0.29, 0.717) is 5.56 Å². The fourth-order valence-corrected chi connectivity index (χ4v) is 1.63. The highest BCUT2D eigenvalue weighted by atomic mass is 19.4. The minimum atomic E-state index is -4.63. The van der Waals surface area contributed by atoms with Crippen molar-refractivity contribution >= 4 is 0 Å². The van der Waals surface area contributed by atoms with E-state index in [1.807, 2.05) is 6.07 Å². The van der Waals surface area contributed by atoms with Crippen LogP contribution in [0.4, 0.5) is 17.6 Å². The van der Waals surface area contributed by atoms with Gasteiger partial charge in [0.15, 0.2) is 0 Å². The second kappa shape index (κ2) is 5.25. The molecule has 2 rings (SSSR count). The molecule has 0 aliphatic carbocycles. The van der Waals surface area contributed by atoms with Gasteiger partial charge in [-0.1, -0.05) is 12.1 Å². The van der Waals surface area contributed by atoms with Gasteiger partial charge in [-0.3, -0.25) is 0 Å². The van der Waals surface area contributed by atoms with Crippen LogP contribution in [-0.4, -0.2) is 9.97 Å². The van der Waals surface area contributed by atoms with Crippen molar-refractivity contribution in [3.63, 3.8) is 0 Å². The molecule has 1 aromatic heterocycles. The lowest BCUT2D eigenvalue weighted by atomic mass is 9.95. The predicted octanol–water partition coefficient (Wildman–Crippen LogP) is 3.29. The molecular weight excluding hydrogens is 274 g/mol. The summed E-state index contributed by atoms with van der Waals surface area (Å²) in [5, 5.41) is 9.11. The number of nitriles is 1. The monoisotopic (exact) mass is 281 g/mol. The van der Waals surface area contributed by atoms with E-state index in [1.54, 1.807) is 0 Å². The molecule has 1 aromatic carbocycles. The molecule has 2 aromatic rings. The van der Waals surface area contributed by atoms with E-state index in [9.17, 15) is 17.6 Å². The van der Waals surface area contributed by atoms with Crippen LogP contribution in [0.2, 0.25) is 0 Å². The molecule has 0 saturated heterocycles. The number of hydrogen-bond donors (Lipinski definition) is 0. The van der Waals surface area contributed by atoms with Gasteiger partial charge >= 0.3 is 6.18 Å². The van der Waals surface area contributed by atoms with Gasteiger partial charge in [-0.15, -0.1) is 0 Å². The Morgan fingerprint density at radius 2 is 1.55 bits per heavy atom. The number of rotatable bonds is 2. The zero-order chi connectivity index (χ0) is 14.8. The second-order valence-electron chi connectivity index (χ2n) is 3.95. The lowest BCUT2D eigenvalue weighted by Crippen LogP contribution is -2.11. The molecule has 102 valence electrons. The lowest BCUT2D eigenvalue weighted by Gasteiger charge is -2.10. The third-order valence-corrected chi connectivity index (χ3v) is 2.59. The number of alkyl halides is 3. The first-order valence-electron chi connectivity index (χ1n) is 5.46. The average Bonchev–Trinajstić information content (AvgIpc) is 2.41. The van der Waals surface area contributed by atoms with E-state index in [1.165, 1.54) is 24.3 Å². The third kappa shape index (κ3) is 2.91. The Bertz CT molecular complexity index is 627. The molecule has 0 N–H and O–H groups in total. The molecule has 1 atom stereocenters. The first kappa shape index (κ1) is 13.9. The summed E-state index contributed by atoms with van der Waals surface area (Å²) in [6, 6.07) is 7.05. The standard InChI is InChI=1S/C13H7F4N3/c14-10-3-1-8(2-4-10)11(5-18)9-6-19-12(20-7-9)13(15,16)17/h1-4,6-7,11H/t11-/m1/s1. The number of hydrogen-bond acceptors (Lipinski definition) is 3. The van der Waals surface area contributed by atoms with E-state index in [4.69, 9.17) is 5.26 Å². The smallest absolute Gasteiger partial charge is 0.233 e. The highest BCUT2D eigenvalue weighted by Gasteiger charge is 2.34. The van der Waals surface area contributed by atoms with Crippen molar-refractivity contribution < 1.29 is 17.6 Å². The molecule has 0 aliphatic heterocycles. The normalized spacial score (nSPS) is 12.8. The predicted molar refractivity (Wildman–Crippen MR) is 60.9 cm³/mol. The summed E-state index contributed by atoms with van der Waals surface area (Å²) in [5.74, 6) is -2.58. The summed E-state index contributed by atoms with van der Waals surface area (Å²) < 4.78 is 49.8. The SMILES string of the molecule is N#C[C@H](c1ccc(F)cc1)c1cnc(C(F)(F)F)nc1. The van der Waals surface area contributed by atoms with E-state index in [2.05, 4.69) is 9.97 Å². The fourth-order valence-electron chi connectivity index (χ4n) is 1.63. The number of aromatic nitrogens is 2. The second-order valence-corrected chi connectivity index (χ2v) is 3.95. The quantitative estimate of drug-likeness (QED) is 0.794. The molecule has 0 fully saturated rings. The van der Waals surface area contributed by atoms with Gasteiger partial charge in [0.05, 0.1) is 12.0 Å². The van der Waals surface area contributed by atoms with Crippen LogP contribution in [0, 0.1) is 17.1 Å². The van der Waals surface area contributed by atoms with Crippen molar-refractivity contribution in [3.05, 3.63) is 59.4 Å². The minimum Gasteiger partial charge on any atom is -0.233 e. The summed E-state index contributed by atoms with van der Waals surface area (Å²) in [5.41, 5.74) is 0.671. The van der Waals surface area contributed by atoms with Crippen LogP contribution in [0.25, 0.3) is 0 Å². The van der Waals surface area contributed by atoms with E-state index in [0.717, 1.165) is 12.4 Å². The van der Waals surface area contributed by atoms with Crippen LogP contribution in [0.15, 0.2) is 36.7 Å². The van der Waals surface area contributed by atoms with Crippen molar-refractivity contribution in [3.8, 4) is 6.07 Å². The van der Waals surface area contributed by atoms with Crippen molar-refractivity contribution in [2.45, 2.75) is 12.1 Å². The Hall–Kier alpha value is -2.49. The highest BCUT2D eigenvalue weighted by Crippen LogP contribution is 2.28. The number of halogens is 4. The fraction of sp³-hybridized carbons (Fsp3) is 0.154. The molecule has 0 spiro atoms. The van der Waals surface area contributed by atoms with Crippen LogP contribution in [0.3, 0.4) is 0 Å². The molecule has 0 bridgehead atoms. The largest absolute Gasteiger partial charge is 0.451 e. The maximum Gasteiger partial charge on any atom is 0.451 e. The first-order chi connectivity index (χ1) is 9.41. The Kier molecular flexibility index (Phi) is 3.66. The lowest BCUT2D eigenvalue weighted by molar-refractivity contribution is -0.145. The van der Waals surface area contributed by atoms with Crippen LogP contribution < -0.4 is 0 Å². The molecule has 3 nitrogen and oxygen atoms in total. The molecule has 20 heavy (non-hydrogen) atoms.